The van der Waals surface area contributed by atoms with E-state index in [1.54, 1.807) is 58.5 Å². The number of aromatic nitrogens is 2. The molecule has 11 heteroatoms. The molecule has 0 atom stereocenters. The van der Waals surface area contributed by atoms with E-state index < -0.39 is 0 Å². The van der Waals surface area contributed by atoms with Crippen LogP contribution in [0.25, 0.3) is 0 Å². The summed E-state index contributed by atoms with van der Waals surface area (Å²) in [5, 5.41) is 1.39. The number of hydrogen-bond acceptors (Lipinski definition) is 6. The number of amides is 4. The third-order valence-electron chi connectivity index (χ3n) is 7.06. The highest BCUT2D eigenvalue weighted by atomic mass is 35.5. The molecule has 0 fully saturated rings. The summed E-state index contributed by atoms with van der Waals surface area (Å²) < 4.78 is 0. The van der Waals surface area contributed by atoms with E-state index in [1.807, 2.05) is 30.5 Å². The van der Waals surface area contributed by atoms with Gasteiger partial charge in [-0.05, 0) is 67.1 Å². The maximum atomic E-state index is 14.0. The molecule has 0 saturated carbocycles. The van der Waals surface area contributed by atoms with Crippen LogP contribution in [0.15, 0.2) is 78.1 Å². The fourth-order valence-electron chi connectivity index (χ4n) is 5.09. The summed E-state index contributed by atoms with van der Waals surface area (Å²) in [6.45, 7) is 0.551. The number of imide groups is 1. The largest absolute Gasteiger partial charge is 0.335 e. The lowest BCUT2D eigenvalue weighted by molar-refractivity contribution is 0.0652. The van der Waals surface area contributed by atoms with Gasteiger partial charge in [0.15, 0.2) is 11.0 Å². The van der Waals surface area contributed by atoms with Crippen molar-refractivity contribution in [1.82, 2.24) is 14.9 Å². The summed E-state index contributed by atoms with van der Waals surface area (Å²) in [6.07, 6.45) is 4.79. The number of urea groups is 1. The van der Waals surface area contributed by atoms with Gasteiger partial charge in [-0.2, -0.15) is 0 Å². The zero-order valence-corrected chi connectivity index (χ0v) is 24.2. The maximum absolute atomic E-state index is 14.0. The number of thioether (sulfide) groups is 1. The van der Waals surface area contributed by atoms with E-state index in [4.69, 9.17) is 23.2 Å². The number of fused-ring (bicyclic) bond motifs is 2. The second-order valence-electron chi connectivity index (χ2n) is 9.59. The number of hydrogen-bond donors (Lipinski definition) is 0. The van der Waals surface area contributed by atoms with E-state index in [1.165, 1.54) is 16.7 Å². The molecule has 0 N–H and O–H groups in total. The normalized spacial score (nSPS) is 14.5. The number of carbonyl (C=O) groups excluding carboxylic acids is 3. The lowest BCUT2D eigenvalue weighted by Gasteiger charge is -2.36. The van der Waals surface area contributed by atoms with Crippen molar-refractivity contribution in [2.45, 2.75) is 24.5 Å². The third-order valence-corrected chi connectivity index (χ3v) is 8.16. The summed E-state index contributed by atoms with van der Waals surface area (Å²) in [7, 11) is 0. The van der Waals surface area contributed by atoms with Crippen LogP contribution in [0.3, 0.4) is 0 Å². The van der Waals surface area contributed by atoms with Crippen molar-refractivity contribution < 1.29 is 14.4 Å². The number of nitrogens with zero attached hydrogens (tertiary/aromatic N) is 5. The average molecular weight is 605 g/mol. The Hall–Kier alpha value is -3.92. The first-order chi connectivity index (χ1) is 19.9. The van der Waals surface area contributed by atoms with E-state index >= 15 is 0 Å². The number of carbonyl (C=O) groups is 3. The summed E-state index contributed by atoms with van der Waals surface area (Å²) in [6, 6.07) is 19.2. The van der Waals surface area contributed by atoms with E-state index in [-0.39, 0.29) is 24.4 Å². The SMILES string of the molecule is CSc1ncc2c(n1)N(c1cccc(CCCN3C(=O)c4ccccc4C3=O)c1)C(=O)N(c1ccc(Cl)cc1Cl)C2. The van der Waals surface area contributed by atoms with Crippen molar-refractivity contribution >= 4 is 70.0 Å². The van der Waals surface area contributed by atoms with Crippen molar-refractivity contribution in [2.75, 3.05) is 22.6 Å². The minimum absolute atomic E-state index is 0.251. The molecule has 0 saturated heterocycles. The minimum atomic E-state index is -0.310. The van der Waals surface area contributed by atoms with Gasteiger partial charge in [-0.25, -0.2) is 19.7 Å². The Labute approximate surface area is 250 Å². The maximum Gasteiger partial charge on any atom is 0.335 e. The summed E-state index contributed by atoms with van der Waals surface area (Å²) in [5.74, 6) is -0.0147. The molecule has 3 heterocycles. The summed E-state index contributed by atoms with van der Waals surface area (Å²) >= 11 is 14.0. The number of benzene rings is 3. The Balaban J connectivity index is 1.27. The van der Waals surface area contributed by atoms with Crippen molar-refractivity contribution in [1.29, 1.82) is 0 Å². The first-order valence-electron chi connectivity index (χ1n) is 12.9. The van der Waals surface area contributed by atoms with Gasteiger partial charge in [0, 0.05) is 23.3 Å². The highest BCUT2D eigenvalue weighted by Crippen LogP contribution is 2.39. The van der Waals surface area contributed by atoms with Crippen molar-refractivity contribution in [3.8, 4) is 0 Å². The molecule has 4 aromatic rings. The highest BCUT2D eigenvalue weighted by Gasteiger charge is 2.36. The molecule has 2 aliphatic heterocycles. The van der Waals surface area contributed by atoms with Crippen LogP contribution < -0.4 is 9.80 Å². The fraction of sp³-hybridized carbons (Fsp3) is 0.167. The molecule has 206 valence electrons. The van der Waals surface area contributed by atoms with E-state index in [2.05, 4.69) is 9.97 Å². The van der Waals surface area contributed by atoms with Gasteiger partial charge < -0.3 is 0 Å². The molecule has 1 aromatic heterocycles. The van der Waals surface area contributed by atoms with Gasteiger partial charge in [0.25, 0.3) is 11.8 Å². The Morgan fingerprint density at radius 1 is 0.927 bits per heavy atom. The van der Waals surface area contributed by atoms with Crippen LogP contribution in [0.4, 0.5) is 22.0 Å². The molecular formula is C30H23Cl2N5O3S. The molecule has 4 amide bonds. The molecule has 0 bridgehead atoms. The molecular weight excluding hydrogens is 581 g/mol. The van der Waals surface area contributed by atoms with Gasteiger partial charge in [-0.1, -0.05) is 59.2 Å². The van der Waals surface area contributed by atoms with Crippen molar-refractivity contribution in [3.05, 3.63) is 105 Å². The molecule has 3 aromatic carbocycles. The summed E-state index contributed by atoms with van der Waals surface area (Å²) in [4.78, 5) is 53.0. The predicted octanol–water partition coefficient (Wildman–Crippen LogP) is 7.01. The Morgan fingerprint density at radius 2 is 1.68 bits per heavy atom. The van der Waals surface area contributed by atoms with Crippen molar-refractivity contribution in [2.24, 2.45) is 0 Å². The second kappa shape index (κ2) is 11.2. The third kappa shape index (κ3) is 5.05. The first kappa shape index (κ1) is 27.3. The topological polar surface area (TPSA) is 86.7 Å². The number of rotatable bonds is 7. The number of aryl methyl sites for hydroxylation is 1. The molecule has 41 heavy (non-hydrogen) atoms. The predicted molar refractivity (Wildman–Crippen MR) is 161 cm³/mol. The van der Waals surface area contributed by atoms with Crippen LogP contribution in [0.1, 0.15) is 38.3 Å². The Kier molecular flexibility index (Phi) is 7.42. The first-order valence-corrected chi connectivity index (χ1v) is 14.8. The van der Waals surface area contributed by atoms with Crippen LogP contribution in [0.5, 0.6) is 0 Å². The molecule has 0 radical (unpaired) electrons. The Morgan fingerprint density at radius 3 is 2.39 bits per heavy atom. The zero-order chi connectivity index (χ0) is 28.7. The van der Waals surface area contributed by atoms with Crippen LogP contribution in [0, 0.1) is 0 Å². The molecule has 6 rings (SSSR count). The zero-order valence-electron chi connectivity index (χ0n) is 21.9. The second-order valence-corrected chi connectivity index (χ2v) is 11.2. The smallest absolute Gasteiger partial charge is 0.288 e. The van der Waals surface area contributed by atoms with Crippen LogP contribution in [0.2, 0.25) is 10.0 Å². The van der Waals surface area contributed by atoms with Gasteiger partial charge in [0.2, 0.25) is 0 Å². The van der Waals surface area contributed by atoms with Crippen LogP contribution in [-0.4, -0.2) is 45.5 Å². The number of halogens is 2. The summed E-state index contributed by atoms with van der Waals surface area (Å²) in [5.41, 5.74) is 3.77. The van der Waals surface area contributed by atoms with Crippen LogP contribution in [-0.2, 0) is 13.0 Å². The van der Waals surface area contributed by atoms with Gasteiger partial charge in [-0.3, -0.25) is 19.4 Å². The highest BCUT2D eigenvalue weighted by molar-refractivity contribution is 7.98. The Bertz CT molecular complexity index is 1680. The lowest BCUT2D eigenvalue weighted by Crippen LogP contribution is -2.45. The van der Waals surface area contributed by atoms with E-state index in [0.29, 0.717) is 62.9 Å². The molecule has 0 unspecified atom stereocenters. The fourth-order valence-corrected chi connectivity index (χ4v) is 5.94. The van der Waals surface area contributed by atoms with Gasteiger partial charge in [-0.15, -0.1) is 0 Å². The van der Waals surface area contributed by atoms with Gasteiger partial charge in [0.1, 0.15) is 0 Å². The monoisotopic (exact) mass is 603 g/mol. The molecule has 8 nitrogen and oxygen atoms in total. The minimum Gasteiger partial charge on any atom is -0.288 e. The lowest BCUT2D eigenvalue weighted by atomic mass is 10.1. The number of anilines is 3. The standard InChI is InChI=1S/C30H23Cl2N5O3S/c1-41-29-33-16-19-17-36(25-12-11-20(31)15-24(25)32)30(40)37(26(19)34-29)21-8-4-6-18(14-21)7-5-13-35-27(38)22-9-2-3-10-23(22)28(35)39/h2-4,6,8-12,14-16H,5,7,13,17H2,1H3. The quantitative estimate of drug-likeness (QED) is 0.128. The average Bonchev–Trinajstić information content (AvgIpc) is 3.22. The molecule has 2 aliphatic rings. The van der Waals surface area contributed by atoms with Crippen molar-refractivity contribution in [3.63, 3.8) is 0 Å². The van der Waals surface area contributed by atoms with Gasteiger partial charge >= 0.3 is 6.03 Å². The van der Waals surface area contributed by atoms with Gasteiger partial charge in [0.05, 0.1) is 34.1 Å². The molecule has 0 spiro atoms. The molecule has 0 aliphatic carbocycles. The van der Waals surface area contributed by atoms with Crippen LogP contribution >= 0.6 is 35.0 Å². The van der Waals surface area contributed by atoms with E-state index in [0.717, 1.165) is 11.1 Å². The van der Waals surface area contributed by atoms with E-state index in [9.17, 15) is 14.4 Å².